The molecule has 0 aliphatic carbocycles. The van der Waals surface area contributed by atoms with Crippen LogP contribution < -0.4 is 10.5 Å². The Bertz CT molecular complexity index is 695. The van der Waals surface area contributed by atoms with Crippen LogP contribution in [0.3, 0.4) is 0 Å². The number of carbonyl (C=O) groups excluding carboxylic acids is 1. The Balaban J connectivity index is 2.60. The summed E-state index contributed by atoms with van der Waals surface area (Å²) >= 11 is 6.20. The van der Waals surface area contributed by atoms with Crippen molar-refractivity contribution < 1.29 is 9.53 Å². The predicted octanol–water partition coefficient (Wildman–Crippen LogP) is 4.68. The number of nitrogens with two attached hydrogens (primary N) is 1. The Hall–Kier alpha value is -2.00. The van der Waals surface area contributed by atoms with Crippen LogP contribution in [0.25, 0.3) is 0 Å². The fraction of sp³-hybridized carbons (Fsp3) is 0.278. The van der Waals surface area contributed by atoms with Gasteiger partial charge in [0.05, 0.1) is 12.2 Å². The Morgan fingerprint density at radius 2 is 2.00 bits per heavy atom. The SMILES string of the molecule is CCOc1c(C(=O)c2cccc(N)c2)cc(Cl)cc1C(C)C. The maximum absolute atomic E-state index is 12.8. The van der Waals surface area contributed by atoms with Gasteiger partial charge in [0.2, 0.25) is 0 Å². The summed E-state index contributed by atoms with van der Waals surface area (Å²) < 4.78 is 5.75. The Morgan fingerprint density at radius 1 is 1.27 bits per heavy atom. The van der Waals surface area contributed by atoms with Crippen molar-refractivity contribution in [1.82, 2.24) is 0 Å². The lowest BCUT2D eigenvalue weighted by Gasteiger charge is -2.17. The summed E-state index contributed by atoms with van der Waals surface area (Å²) in [4.78, 5) is 12.8. The molecule has 0 heterocycles. The molecule has 2 rings (SSSR count). The number of benzene rings is 2. The molecule has 0 radical (unpaired) electrons. The van der Waals surface area contributed by atoms with Crippen molar-refractivity contribution in [2.75, 3.05) is 12.3 Å². The van der Waals surface area contributed by atoms with Crippen molar-refractivity contribution in [3.63, 3.8) is 0 Å². The van der Waals surface area contributed by atoms with E-state index in [9.17, 15) is 4.79 Å². The van der Waals surface area contributed by atoms with Crippen LogP contribution in [0.15, 0.2) is 36.4 Å². The average Bonchev–Trinajstić information content (AvgIpc) is 2.47. The summed E-state index contributed by atoms with van der Waals surface area (Å²) in [5, 5.41) is 0.527. The van der Waals surface area contributed by atoms with Gasteiger partial charge in [-0.3, -0.25) is 4.79 Å². The zero-order valence-corrected chi connectivity index (χ0v) is 13.8. The summed E-state index contributed by atoms with van der Waals surface area (Å²) in [6.07, 6.45) is 0. The van der Waals surface area contributed by atoms with Crippen LogP contribution in [-0.2, 0) is 0 Å². The van der Waals surface area contributed by atoms with E-state index in [4.69, 9.17) is 22.1 Å². The monoisotopic (exact) mass is 317 g/mol. The van der Waals surface area contributed by atoms with E-state index in [0.717, 1.165) is 5.56 Å². The highest BCUT2D eigenvalue weighted by Crippen LogP contribution is 2.35. The zero-order chi connectivity index (χ0) is 16.3. The molecule has 116 valence electrons. The molecule has 0 aromatic heterocycles. The van der Waals surface area contributed by atoms with E-state index in [0.29, 0.717) is 34.2 Å². The Kier molecular flexibility index (Phi) is 5.09. The minimum Gasteiger partial charge on any atom is -0.493 e. The van der Waals surface area contributed by atoms with Crippen molar-refractivity contribution in [2.24, 2.45) is 0 Å². The molecule has 2 N–H and O–H groups in total. The topological polar surface area (TPSA) is 52.3 Å². The van der Waals surface area contributed by atoms with E-state index in [1.54, 1.807) is 30.3 Å². The number of hydrogen-bond acceptors (Lipinski definition) is 3. The normalized spacial score (nSPS) is 10.8. The molecule has 0 unspecified atom stereocenters. The highest BCUT2D eigenvalue weighted by atomic mass is 35.5. The number of hydrogen-bond donors (Lipinski definition) is 1. The van der Waals surface area contributed by atoms with Gasteiger partial charge < -0.3 is 10.5 Å². The molecule has 0 amide bonds. The van der Waals surface area contributed by atoms with Crippen LogP contribution in [0.2, 0.25) is 5.02 Å². The number of rotatable bonds is 5. The van der Waals surface area contributed by atoms with E-state index in [-0.39, 0.29) is 11.7 Å². The summed E-state index contributed by atoms with van der Waals surface area (Å²) in [7, 11) is 0. The lowest BCUT2D eigenvalue weighted by Crippen LogP contribution is -2.09. The molecule has 4 heteroatoms. The van der Waals surface area contributed by atoms with Crippen molar-refractivity contribution in [1.29, 1.82) is 0 Å². The largest absolute Gasteiger partial charge is 0.493 e. The molecule has 22 heavy (non-hydrogen) atoms. The zero-order valence-electron chi connectivity index (χ0n) is 13.0. The van der Waals surface area contributed by atoms with Gasteiger partial charge >= 0.3 is 0 Å². The molecular weight excluding hydrogens is 298 g/mol. The minimum atomic E-state index is -0.139. The Morgan fingerprint density at radius 3 is 2.59 bits per heavy atom. The lowest BCUT2D eigenvalue weighted by atomic mass is 9.94. The highest BCUT2D eigenvalue weighted by Gasteiger charge is 2.20. The number of carbonyl (C=O) groups is 1. The van der Waals surface area contributed by atoms with E-state index in [1.807, 2.05) is 26.8 Å². The van der Waals surface area contributed by atoms with Gasteiger partial charge in [-0.15, -0.1) is 0 Å². The molecule has 0 saturated carbocycles. The first-order valence-electron chi connectivity index (χ1n) is 7.30. The molecule has 0 bridgehead atoms. The minimum absolute atomic E-state index is 0.139. The van der Waals surface area contributed by atoms with E-state index in [1.165, 1.54) is 0 Å². The second-order valence-electron chi connectivity index (χ2n) is 5.41. The average molecular weight is 318 g/mol. The first kappa shape index (κ1) is 16.4. The second-order valence-corrected chi connectivity index (χ2v) is 5.85. The molecule has 0 atom stereocenters. The molecule has 0 spiro atoms. The standard InChI is InChI=1S/C18H20ClNO2/c1-4-22-18-15(11(2)3)9-13(19)10-16(18)17(21)12-6-5-7-14(20)8-12/h5-11H,4,20H2,1-3H3. The van der Waals surface area contributed by atoms with Gasteiger partial charge in [-0.1, -0.05) is 37.6 Å². The van der Waals surface area contributed by atoms with Crippen molar-refractivity contribution in [2.45, 2.75) is 26.7 Å². The van der Waals surface area contributed by atoms with Gasteiger partial charge in [0.1, 0.15) is 5.75 Å². The van der Waals surface area contributed by atoms with Crippen LogP contribution in [0.4, 0.5) is 5.69 Å². The second kappa shape index (κ2) is 6.84. The van der Waals surface area contributed by atoms with Gasteiger partial charge in [0.25, 0.3) is 0 Å². The van der Waals surface area contributed by atoms with Crippen LogP contribution in [0.1, 0.15) is 48.2 Å². The first-order valence-corrected chi connectivity index (χ1v) is 7.68. The van der Waals surface area contributed by atoms with Crippen LogP contribution in [-0.4, -0.2) is 12.4 Å². The maximum atomic E-state index is 12.8. The molecule has 2 aromatic carbocycles. The van der Waals surface area contributed by atoms with Crippen molar-refractivity contribution in [3.05, 3.63) is 58.1 Å². The van der Waals surface area contributed by atoms with Crippen molar-refractivity contribution >= 4 is 23.1 Å². The predicted molar refractivity (Wildman–Crippen MR) is 91.0 cm³/mol. The van der Waals surface area contributed by atoms with Crippen LogP contribution >= 0.6 is 11.6 Å². The van der Waals surface area contributed by atoms with Gasteiger partial charge in [-0.2, -0.15) is 0 Å². The number of ether oxygens (including phenoxy) is 1. The summed E-state index contributed by atoms with van der Waals surface area (Å²) in [5.74, 6) is 0.669. The number of halogens is 1. The summed E-state index contributed by atoms with van der Waals surface area (Å²) in [5.41, 5.74) is 8.25. The van der Waals surface area contributed by atoms with Gasteiger partial charge in [0, 0.05) is 16.3 Å². The van der Waals surface area contributed by atoms with Gasteiger partial charge in [0.15, 0.2) is 5.78 Å². The van der Waals surface area contributed by atoms with E-state index < -0.39 is 0 Å². The summed E-state index contributed by atoms with van der Waals surface area (Å²) in [6, 6.07) is 10.4. The maximum Gasteiger partial charge on any atom is 0.196 e. The van der Waals surface area contributed by atoms with E-state index >= 15 is 0 Å². The molecule has 0 saturated heterocycles. The third-order valence-corrected chi connectivity index (χ3v) is 3.60. The van der Waals surface area contributed by atoms with Gasteiger partial charge in [-0.25, -0.2) is 0 Å². The van der Waals surface area contributed by atoms with Crippen LogP contribution in [0.5, 0.6) is 5.75 Å². The van der Waals surface area contributed by atoms with E-state index in [2.05, 4.69) is 0 Å². The highest BCUT2D eigenvalue weighted by molar-refractivity contribution is 6.31. The lowest BCUT2D eigenvalue weighted by molar-refractivity contribution is 0.103. The van der Waals surface area contributed by atoms with Crippen molar-refractivity contribution in [3.8, 4) is 5.75 Å². The molecule has 0 aliphatic rings. The Labute approximate surface area is 136 Å². The third-order valence-electron chi connectivity index (χ3n) is 3.39. The smallest absolute Gasteiger partial charge is 0.196 e. The number of ketones is 1. The number of anilines is 1. The molecule has 0 aliphatic heterocycles. The quantitative estimate of drug-likeness (QED) is 0.643. The van der Waals surface area contributed by atoms with Gasteiger partial charge in [-0.05, 0) is 42.7 Å². The molecule has 3 nitrogen and oxygen atoms in total. The molecular formula is C18H20ClNO2. The molecule has 2 aromatic rings. The fourth-order valence-electron chi connectivity index (χ4n) is 2.35. The number of nitrogen functional groups attached to an aromatic ring is 1. The third kappa shape index (κ3) is 3.42. The first-order chi connectivity index (χ1) is 10.4. The molecule has 0 fully saturated rings. The fourth-order valence-corrected chi connectivity index (χ4v) is 2.58. The summed E-state index contributed by atoms with van der Waals surface area (Å²) in [6.45, 7) is 6.47. The van der Waals surface area contributed by atoms with Crippen LogP contribution in [0, 0.1) is 0 Å².